The van der Waals surface area contributed by atoms with E-state index in [9.17, 15) is 0 Å². The van der Waals surface area contributed by atoms with Gasteiger partial charge < -0.3 is 4.52 Å². The van der Waals surface area contributed by atoms with Crippen LogP contribution in [0.5, 0.6) is 0 Å². The fourth-order valence-corrected chi connectivity index (χ4v) is 7.20. The van der Waals surface area contributed by atoms with Crippen molar-refractivity contribution in [2.75, 3.05) is 0 Å². The molecule has 0 N–H and O–H groups in total. The molecule has 3 aromatic heterocycles. The zero-order valence-electron chi connectivity index (χ0n) is 18.0. The Morgan fingerprint density at radius 1 is 1.06 bits per heavy atom. The average Bonchev–Trinajstić information content (AvgIpc) is 3.41. The number of fused-ring (bicyclic) bond motifs is 3. The van der Waals surface area contributed by atoms with Crippen molar-refractivity contribution >= 4 is 40.6 Å². The van der Waals surface area contributed by atoms with Gasteiger partial charge in [-0.3, -0.25) is 4.98 Å². The zero-order chi connectivity index (χ0) is 21.9. The van der Waals surface area contributed by atoms with Crippen LogP contribution in [0, 0.1) is 12.3 Å². The van der Waals surface area contributed by atoms with E-state index in [2.05, 4.69) is 34.6 Å². The molecule has 7 rings (SSSR count). The monoisotopic (exact) mass is 485 g/mol. The fraction of sp³-hybridized carbons (Fsp3) is 0.480. The number of rotatable bonds is 5. The van der Waals surface area contributed by atoms with Crippen molar-refractivity contribution in [3.63, 3.8) is 0 Å². The van der Waals surface area contributed by atoms with Gasteiger partial charge in [-0.25, -0.2) is 4.98 Å². The van der Waals surface area contributed by atoms with Gasteiger partial charge in [0.25, 0.3) is 0 Å². The molecule has 4 saturated carbocycles. The lowest BCUT2D eigenvalue weighted by Crippen LogP contribution is -2.43. The third-order valence-corrected chi connectivity index (χ3v) is 9.55. The Labute approximate surface area is 202 Å². The molecule has 166 valence electrons. The van der Waals surface area contributed by atoms with E-state index in [0.717, 1.165) is 35.6 Å². The van der Waals surface area contributed by atoms with Crippen molar-refractivity contribution in [2.24, 2.45) is 5.41 Å². The van der Waals surface area contributed by atoms with E-state index in [-0.39, 0.29) is 5.41 Å². The molecule has 3 heterocycles. The van der Waals surface area contributed by atoms with Crippen LogP contribution in [0.15, 0.2) is 28.4 Å². The van der Waals surface area contributed by atoms with E-state index in [0.29, 0.717) is 26.9 Å². The number of hydrogen-bond donors (Lipinski definition) is 0. The summed E-state index contributed by atoms with van der Waals surface area (Å²) in [5.74, 6) is 1.42. The molecule has 0 atom stereocenters. The van der Waals surface area contributed by atoms with Gasteiger partial charge in [-0.2, -0.15) is 0 Å². The first-order chi connectivity index (χ1) is 15.5. The van der Waals surface area contributed by atoms with E-state index < -0.39 is 0 Å². The summed E-state index contributed by atoms with van der Waals surface area (Å²) < 4.78 is 5.83. The maximum atomic E-state index is 6.47. The van der Waals surface area contributed by atoms with Crippen LogP contribution in [-0.2, 0) is 5.41 Å². The Morgan fingerprint density at radius 2 is 1.75 bits per heavy atom. The summed E-state index contributed by atoms with van der Waals surface area (Å²) in [6.07, 6.45) is 17.5. The highest BCUT2D eigenvalue weighted by molar-refractivity contribution is 7.09. The second-order valence-electron chi connectivity index (χ2n) is 9.83. The minimum atomic E-state index is 0.245. The van der Waals surface area contributed by atoms with Crippen LogP contribution in [0.4, 0.5) is 0 Å². The summed E-state index contributed by atoms with van der Waals surface area (Å²) in [5, 5.41) is 8.96. The molecule has 7 heteroatoms. The molecule has 4 aliphatic carbocycles. The lowest BCUT2D eigenvalue weighted by Gasteiger charge is -2.51. The first-order valence-electron chi connectivity index (χ1n) is 11.4. The Bertz CT molecular complexity index is 1160. The van der Waals surface area contributed by atoms with Gasteiger partial charge in [0.2, 0.25) is 0 Å². The smallest absolute Gasteiger partial charge is 0.147 e. The summed E-state index contributed by atoms with van der Waals surface area (Å²) in [4.78, 5) is 8.95. The van der Waals surface area contributed by atoms with Crippen LogP contribution in [0.1, 0.15) is 79.3 Å². The van der Waals surface area contributed by atoms with Crippen molar-refractivity contribution in [3.8, 4) is 11.3 Å². The molecule has 0 amide bonds. The number of aromatic nitrogens is 3. The van der Waals surface area contributed by atoms with Gasteiger partial charge in [0.15, 0.2) is 0 Å². The number of hydrogen-bond acceptors (Lipinski definition) is 5. The number of allylic oxidation sites excluding steroid dienone is 1. The number of halogens is 2. The van der Waals surface area contributed by atoms with Crippen LogP contribution in [0.2, 0.25) is 10.0 Å². The van der Waals surface area contributed by atoms with E-state index in [4.69, 9.17) is 32.7 Å². The fourth-order valence-electron chi connectivity index (χ4n) is 5.57. The highest BCUT2D eigenvalue weighted by Gasteiger charge is 2.49. The van der Waals surface area contributed by atoms with E-state index in [1.54, 1.807) is 12.4 Å². The minimum absolute atomic E-state index is 0.245. The highest BCUT2D eigenvalue weighted by atomic mass is 35.5. The predicted octanol–water partition coefficient (Wildman–Crippen LogP) is 7.99. The Balaban J connectivity index is 1.32. The van der Waals surface area contributed by atoms with Crippen LogP contribution >= 0.6 is 34.5 Å². The minimum Gasteiger partial charge on any atom is -0.360 e. The Hall–Kier alpha value is -1.69. The SMILES string of the molecule is Cc1csc(C23CCC(/C=C/c4c(-c5c(Cl)cncc5Cl)noc4C4CC4)(CC2)CC3)n1. The maximum absolute atomic E-state index is 6.47. The maximum Gasteiger partial charge on any atom is 0.147 e. The second kappa shape index (κ2) is 7.68. The molecule has 3 aromatic rings. The van der Waals surface area contributed by atoms with E-state index >= 15 is 0 Å². The van der Waals surface area contributed by atoms with Gasteiger partial charge in [-0.15, -0.1) is 11.3 Å². The number of pyridine rings is 1. The molecule has 32 heavy (non-hydrogen) atoms. The van der Waals surface area contributed by atoms with Crippen molar-refractivity contribution in [3.05, 3.63) is 55.9 Å². The molecule has 0 aliphatic heterocycles. The van der Waals surface area contributed by atoms with E-state index in [1.807, 2.05) is 11.3 Å². The average molecular weight is 486 g/mol. The topological polar surface area (TPSA) is 51.8 Å². The largest absolute Gasteiger partial charge is 0.360 e. The van der Waals surface area contributed by atoms with Crippen LogP contribution < -0.4 is 0 Å². The van der Waals surface area contributed by atoms with Gasteiger partial charge in [0.05, 0.1) is 15.1 Å². The molecular formula is C25H25Cl2N3OS. The summed E-state index contributed by atoms with van der Waals surface area (Å²) in [6.45, 7) is 2.10. The zero-order valence-corrected chi connectivity index (χ0v) is 20.4. The summed E-state index contributed by atoms with van der Waals surface area (Å²) in [7, 11) is 0. The highest BCUT2D eigenvalue weighted by Crippen LogP contribution is 2.59. The Morgan fingerprint density at radius 3 is 2.34 bits per heavy atom. The summed E-state index contributed by atoms with van der Waals surface area (Å²) in [6, 6.07) is 0. The molecule has 0 saturated heterocycles. The quantitative estimate of drug-likeness (QED) is 0.367. The number of thiazole rings is 1. The molecule has 4 nitrogen and oxygen atoms in total. The number of nitrogens with zero attached hydrogens (tertiary/aromatic N) is 3. The predicted molar refractivity (Wildman–Crippen MR) is 129 cm³/mol. The first kappa shape index (κ1) is 20.9. The van der Waals surface area contributed by atoms with Crippen molar-refractivity contribution < 1.29 is 4.52 Å². The van der Waals surface area contributed by atoms with Gasteiger partial charge in [-0.1, -0.05) is 40.5 Å². The number of aryl methyl sites for hydroxylation is 1. The molecule has 0 aromatic carbocycles. The van der Waals surface area contributed by atoms with Crippen LogP contribution in [-0.4, -0.2) is 15.1 Å². The van der Waals surface area contributed by atoms with Gasteiger partial charge in [0, 0.05) is 45.9 Å². The third-order valence-electron chi connectivity index (χ3n) is 7.77. The lowest BCUT2D eigenvalue weighted by atomic mass is 9.54. The molecule has 4 fully saturated rings. The van der Waals surface area contributed by atoms with Gasteiger partial charge in [-0.05, 0) is 63.7 Å². The van der Waals surface area contributed by atoms with Gasteiger partial charge >= 0.3 is 0 Å². The summed E-state index contributed by atoms with van der Waals surface area (Å²) in [5.41, 5.74) is 4.18. The van der Waals surface area contributed by atoms with Gasteiger partial charge in [0.1, 0.15) is 11.5 Å². The molecule has 4 aliphatic rings. The third kappa shape index (κ3) is 3.44. The van der Waals surface area contributed by atoms with Crippen LogP contribution in [0.25, 0.3) is 17.3 Å². The van der Waals surface area contributed by atoms with Crippen molar-refractivity contribution in [1.82, 2.24) is 15.1 Å². The van der Waals surface area contributed by atoms with E-state index in [1.165, 1.54) is 43.5 Å². The molecule has 2 bridgehead atoms. The van der Waals surface area contributed by atoms with Crippen LogP contribution in [0.3, 0.4) is 0 Å². The molecule has 0 radical (unpaired) electrons. The standard InChI is InChI=1S/C25H25Cl2N3OS/c1-15-14-32-23(29-15)25-9-6-24(7-10-25,8-11-25)5-4-17-21(30-31-22(17)16-2-3-16)20-18(26)12-28-13-19(20)27/h4-5,12-14,16H,2-3,6-11H2,1H3/b5-4+. The lowest BCUT2D eigenvalue weighted by molar-refractivity contribution is 0.0794. The normalized spacial score (nSPS) is 27.5. The first-order valence-corrected chi connectivity index (χ1v) is 13.0. The van der Waals surface area contributed by atoms with Crippen molar-refractivity contribution in [2.45, 2.75) is 69.6 Å². The second-order valence-corrected chi connectivity index (χ2v) is 11.5. The molecule has 0 spiro atoms. The Kier molecular flexibility index (Phi) is 5.01. The van der Waals surface area contributed by atoms with Crippen molar-refractivity contribution in [1.29, 1.82) is 0 Å². The summed E-state index contributed by atoms with van der Waals surface area (Å²) >= 11 is 14.8. The molecule has 0 unspecified atom stereocenters. The molecular weight excluding hydrogens is 461 g/mol.